The lowest BCUT2D eigenvalue weighted by atomic mass is 9.98. The van der Waals surface area contributed by atoms with Gasteiger partial charge in [0.25, 0.3) is 0 Å². The molecule has 0 saturated carbocycles. The fourth-order valence-electron chi connectivity index (χ4n) is 3.98. The summed E-state index contributed by atoms with van der Waals surface area (Å²) >= 11 is 0. The minimum absolute atomic E-state index is 0.106. The average Bonchev–Trinajstić information content (AvgIpc) is 3.25. The van der Waals surface area contributed by atoms with E-state index in [1.165, 1.54) is 44.1 Å². The number of para-hydroxylation sites is 2. The molecule has 0 aliphatic carbocycles. The van der Waals surface area contributed by atoms with Crippen LogP contribution in [0.15, 0.2) is 48.5 Å². The summed E-state index contributed by atoms with van der Waals surface area (Å²) in [4.78, 5) is 0. The van der Waals surface area contributed by atoms with Gasteiger partial charge in [0.2, 0.25) is 0 Å². The van der Waals surface area contributed by atoms with Crippen LogP contribution in [0.25, 0.3) is 11.0 Å². The number of aromatic nitrogens is 3. The Morgan fingerprint density at radius 1 is 0.923 bits per heavy atom. The fraction of sp³-hybridized carbons (Fsp3) is 0.455. The number of hydrogen-bond donors (Lipinski definition) is 0. The van der Waals surface area contributed by atoms with Crippen LogP contribution >= 0.6 is 0 Å². The molecule has 1 aromatic heterocycles. The van der Waals surface area contributed by atoms with Crippen LogP contribution in [0.3, 0.4) is 0 Å². The molecule has 4 rings (SSSR count). The highest BCUT2D eigenvalue weighted by molar-refractivity contribution is 5.74. The Balaban J connectivity index is 1.54. The molecule has 2 unspecified atom stereocenters. The zero-order valence-electron chi connectivity index (χ0n) is 15.5. The molecule has 0 fully saturated rings. The lowest BCUT2D eigenvalue weighted by Crippen LogP contribution is -2.25. The van der Waals surface area contributed by atoms with E-state index in [0.29, 0.717) is 0 Å². The van der Waals surface area contributed by atoms with Crippen molar-refractivity contribution < 1.29 is 4.74 Å². The first-order valence-electron chi connectivity index (χ1n) is 9.94. The molecule has 2 atom stereocenters. The van der Waals surface area contributed by atoms with E-state index in [1.54, 1.807) is 0 Å². The fourth-order valence-corrected chi connectivity index (χ4v) is 3.98. The van der Waals surface area contributed by atoms with Crippen molar-refractivity contribution in [3.63, 3.8) is 0 Å². The number of unbranched alkanes of at least 4 members (excludes halogenated alkanes) is 5. The summed E-state index contributed by atoms with van der Waals surface area (Å²) in [6.07, 6.45) is 8.97. The van der Waals surface area contributed by atoms with Crippen LogP contribution in [0, 0.1) is 0 Å². The van der Waals surface area contributed by atoms with E-state index in [1.807, 2.05) is 24.3 Å². The van der Waals surface area contributed by atoms with Crippen LogP contribution in [-0.2, 0) is 0 Å². The molecular weight excluding hydrogens is 322 g/mol. The molecule has 4 nitrogen and oxygen atoms in total. The highest BCUT2D eigenvalue weighted by Gasteiger charge is 2.36. The summed E-state index contributed by atoms with van der Waals surface area (Å²) in [5, 5.41) is 8.84. The third-order valence-electron chi connectivity index (χ3n) is 5.35. The maximum atomic E-state index is 6.33. The molecule has 136 valence electrons. The van der Waals surface area contributed by atoms with Crippen molar-refractivity contribution in [3.05, 3.63) is 54.1 Å². The minimum atomic E-state index is 0.106. The number of benzene rings is 2. The third-order valence-corrected chi connectivity index (χ3v) is 5.35. The summed E-state index contributed by atoms with van der Waals surface area (Å²) in [5.41, 5.74) is 3.24. The first-order valence-corrected chi connectivity index (χ1v) is 9.94. The molecule has 2 aromatic carbocycles. The van der Waals surface area contributed by atoms with Crippen LogP contribution in [0.4, 0.5) is 0 Å². The zero-order chi connectivity index (χ0) is 17.8. The number of hydrogen-bond acceptors (Lipinski definition) is 3. The van der Waals surface area contributed by atoms with Crippen molar-refractivity contribution in [2.75, 3.05) is 0 Å². The van der Waals surface area contributed by atoms with Gasteiger partial charge in [0, 0.05) is 5.56 Å². The van der Waals surface area contributed by atoms with E-state index in [2.05, 4.69) is 46.2 Å². The molecule has 4 heteroatoms. The van der Waals surface area contributed by atoms with Gasteiger partial charge in [-0.1, -0.05) is 74.6 Å². The Morgan fingerprint density at radius 3 is 2.62 bits per heavy atom. The van der Waals surface area contributed by atoms with Crippen LogP contribution in [0.5, 0.6) is 5.75 Å². The Bertz CT molecular complexity index is 857. The second-order valence-electron chi connectivity index (χ2n) is 7.22. The smallest absolute Gasteiger partial charge is 0.125 e. The highest BCUT2D eigenvalue weighted by Crippen LogP contribution is 2.41. The van der Waals surface area contributed by atoms with E-state index in [4.69, 9.17) is 4.74 Å². The van der Waals surface area contributed by atoms with E-state index in [0.717, 1.165) is 23.2 Å². The molecule has 0 radical (unpaired) electrons. The monoisotopic (exact) mass is 349 g/mol. The second kappa shape index (κ2) is 7.90. The summed E-state index contributed by atoms with van der Waals surface area (Å²) in [6, 6.07) is 16.6. The van der Waals surface area contributed by atoms with Crippen molar-refractivity contribution in [3.8, 4) is 5.75 Å². The molecule has 26 heavy (non-hydrogen) atoms. The SMILES string of the molecule is CCCCCCCCC1Oc2ccccc2C1n1nnc2ccccc21. The van der Waals surface area contributed by atoms with Crippen molar-refractivity contribution >= 4 is 11.0 Å². The van der Waals surface area contributed by atoms with Gasteiger partial charge in [0.05, 0.1) is 5.52 Å². The number of ether oxygens (including phenoxy) is 1. The van der Waals surface area contributed by atoms with Crippen LogP contribution in [-0.4, -0.2) is 21.1 Å². The predicted octanol–water partition coefficient (Wildman–Crippen LogP) is 5.53. The third kappa shape index (κ3) is 3.33. The van der Waals surface area contributed by atoms with Crippen molar-refractivity contribution in [2.45, 2.75) is 64.0 Å². The van der Waals surface area contributed by atoms with Gasteiger partial charge in [-0.25, -0.2) is 4.68 Å². The lowest BCUT2D eigenvalue weighted by Gasteiger charge is -2.20. The molecule has 0 bridgehead atoms. The number of fused-ring (bicyclic) bond motifs is 2. The summed E-state index contributed by atoms with van der Waals surface area (Å²) in [7, 11) is 0. The zero-order valence-corrected chi connectivity index (χ0v) is 15.5. The molecule has 0 spiro atoms. The Labute approximate surface area is 155 Å². The summed E-state index contributed by atoms with van der Waals surface area (Å²) in [5.74, 6) is 0.994. The van der Waals surface area contributed by atoms with Gasteiger partial charge >= 0.3 is 0 Å². The summed E-state index contributed by atoms with van der Waals surface area (Å²) in [6.45, 7) is 2.26. The van der Waals surface area contributed by atoms with Gasteiger partial charge in [-0.15, -0.1) is 5.10 Å². The summed E-state index contributed by atoms with van der Waals surface area (Å²) < 4.78 is 8.39. The molecular formula is C22H27N3O. The molecule has 2 heterocycles. The second-order valence-corrected chi connectivity index (χ2v) is 7.22. The quantitative estimate of drug-likeness (QED) is 0.502. The van der Waals surface area contributed by atoms with E-state index < -0.39 is 0 Å². The molecule has 1 aliphatic rings. The normalized spacial score (nSPS) is 18.8. The van der Waals surface area contributed by atoms with Crippen molar-refractivity contribution in [2.24, 2.45) is 0 Å². The standard InChI is InChI=1S/C22H27N3O/c1-2-3-4-5-6-7-16-21-22(17-12-8-11-15-20(17)26-21)25-19-14-10-9-13-18(19)23-24-25/h8-15,21-22H,2-7,16H2,1H3. The van der Waals surface area contributed by atoms with Gasteiger partial charge in [-0.05, 0) is 31.0 Å². The van der Waals surface area contributed by atoms with Crippen molar-refractivity contribution in [1.82, 2.24) is 15.0 Å². The van der Waals surface area contributed by atoms with Gasteiger partial charge in [-0.2, -0.15) is 0 Å². The average molecular weight is 349 g/mol. The minimum Gasteiger partial charge on any atom is -0.487 e. The van der Waals surface area contributed by atoms with E-state index in [-0.39, 0.29) is 12.1 Å². The molecule has 0 saturated heterocycles. The first-order chi connectivity index (χ1) is 12.9. The van der Waals surface area contributed by atoms with Crippen LogP contribution in [0.1, 0.15) is 63.5 Å². The van der Waals surface area contributed by atoms with Gasteiger partial charge in [0.1, 0.15) is 23.4 Å². The molecule has 0 amide bonds. The van der Waals surface area contributed by atoms with Crippen LogP contribution in [0.2, 0.25) is 0 Å². The van der Waals surface area contributed by atoms with E-state index >= 15 is 0 Å². The molecule has 3 aromatic rings. The number of nitrogens with zero attached hydrogens (tertiary/aromatic N) is 3. The van der Waals surface area contributed by atoms with Gasteiger partial charge in [-0.3, -0.25) is 0 Å². The Kier molecular flexibility index (Phi) is 5.19. The molecule has 0 N–H and O–H groups in total. The Morgan fingerprint density at radius 2 is 1.69 bits per heavy atom. The lowest BCUT2D eigenvalue weighted by molar-refractivity contribution is 0.173. The van der Waals surface area contributed by atoms with E-state index in [9.17, 15) is 0 Å². The topological polar surface area (TPSA) is 39.9 Å². The maximum Gasteiger partial charge on any atom is 0.125 e. The number of rotatable bonds is 8. The Hall–Kier alpha value is -2.36. The predicted molar refractivity (Wildman–Crippen MR) is 105 cm³/mol. The largest absolute Gasteiger partial charge is 0.487 e. The first kappa shape index (κ1) is 17.1. The van der Waals surface area contributed by atoms with Crippen molar-refractivity contribution in [1.29, 1.82) is 0 Å². The van der Waals surface area contributed by atoms with Crippen LogP contribution < -0.4 is 4.74 Å². The highest BCUT2D eigenvalue weighted by atomic mass is 16.5. The van der Waals surface area contributed by atoms with Gasteiger partial charge in [0.15, 0.2) is 0 Å². The molecule has 1 aliphatic heterocycles. The maximum absolute atomic E-state index is 6.33. The van der Waals surface area contributed by atoms with Gasteiger partial charge < -0.3 is 4.74 Å².